The van der Waals surface area contributed by atoms with Gasteiger partial charge in [-0.2, -0.15) is 0 Å². The number of hydrogen-bond acceptors (Lipinski definition) is 1. The van der Waals surface area contributed by atoms with E-state index < -0.39 is 0 Å². The van der Waals surface area contributed by atoms with Crippen molar-refractivity contribution < 1.29 is 0 Å². The summed E-state index contributed by atoms with van der Waals surface area (Å²) in [4.78, 5) is 0. The molecule has 1 saturated carbocycles. The molecule has 0 aromatic heterocycles. The first kappa shape index (κ1) is 13.5. The first-order chi connectivity index (χ1) is 5.21. The van der Waals surface area contributed by atoms with E-state index in [-0.39, 0.29) is 0 Å². The van der Waals surface area contributed by atoms with Gasteiger partial charge in [-0.25, -0.2) is 0 Å². The van der Waals surface area contributed by atoms with Crippen LogP contribution in [0.3, 0.4) is 0 Å². The van der Waals surface area contributed by atoms with Gasteiger partial charge in [0, 0.05) is 0 Å². The second-order valence-corrected chi connectivity index (χ2v) is 3.37. The average molecular weight is 159 g/mol. The van der Waals surface area contributed by atoms with Crippen molar-refractivity contribution in [2.75, 3.05) is 7.05 Å². The van der Waals surface area contributed by atoms with Crippen LogP contribution in [0.2, 0.25) is 0 Å². The molecule has 1 aliphatic carbocycles. The fourth-order valence-electron chi connectivity index (χ4n) is 1.33. The van der Waals surface area contributed by atoms with Gasteiger partial charge in [0.2, 0.25) is 0 Å². The minimum absolute atomic E-state index is 0.694. The van der Waals surface area contributed by atoms with Gasteiger partial charge in [-0.1, -0.05) is 40.5 Å². The van der Waals surface area contributed by atoms with Gasteiger partial charge >= 0.3 is 0 Å². The van der Waals surface area contributed by atoms with E-state index in [1.807, 2.05) is 13.8 Å². The van der Waals surface area contributed by atoms with E-state index in [9.17, 15) is 0 Å². The summed E-state index contributed by atoms with van der Waals surface area (Å²) in [6, 6.07) is 0. The molecule has 0 aliphatic heterocycles. The third-order valence-corrected chi connectivity index (χ3v) is 1.96. The number of nitrogens with two attached hydrogens (primary N) is 1. The fraction of sp³-hybridized carbons (Fsp3) is 1.00. The smallest absolute Gasteiger partial charge is 0.0195 e. The normalized spacial score (nSPS) is 19.1. The van der Waals surface area contributed by atoms with E-state index in [4.69, 9.17) is 0 Å². The van der Waals surface area contributed by atoms with Crippen LogP contribution in [0.1, 0.15) is 53.4 Å². The van der Waals surface area contributed by atoms with Gasteiger partial charge in [0.05, 0.1) is 0 Å². The van der Waals surface area contributed by atoms with Crippen LogP contribution < -0.4 is 5.73 Å². The Morgan fingerprint density at radius 1 is 0.909 bits per heavy atom. The Kier molecular flexibility index (Phi) is 9.92. The van der Waals surface area contributed by atoms with Crippen molar-refractivity contribution >= 4 is 0 Å². The van der Waals surface area contributed by atoms with Crippen LogP contribution >= 0.6 is 0 Å². The molecular formula is C10H25N. The molecule has 0 radical (unpaired) electrons. The van der Waals surface area contributed by atoms with E-state index in [1.54, 1.807) is 0 Å². The maximum Gasteiger partial charge on any atom is -0.0195 e. The molecule has 70 valence electrons. The number of rotatable bonds is 0. The molecule has 0 aromatic rings. The van der Waals surface area contributed by atoms with Gasteiger partial charge in [0.1, 0.15) is 0 Å². The lowest BCUT2D eigenvalue weighted by Crippen LogP contribution is -2.01. The van der Waals surface area contributed by atoms with Crippen molar-refractivity contribution in [2.45, 2.75) is 53.4 Å². The maximum atomic E-state index is 4.50. The molecule has 0 heterocycles. The molecule has 2 N–H and O–H groups in total. The third-order valence-electron chi connectivity index (χ3n) is 1.96. The van der Waals surface area contributed by atoms with Crippen LogP contribution in [0.25, 0.3) is 0 Å². The van der Waals surface area contributed by atoms with Crippen molar-refractivity contribution in [3.05, 3.63) is 0 Å². The topological polar surface area (TPSA) is 26.0 Å². The van der Waals surface area contributed by atoms with Gasteiger partial charge in [0.25, 0.3) is 0 Å². The minimum Gasteiger partial charge on any atom is -0.333 e. The molecule has 0 atom stereocenters. The van der Waals surface area contributed by atoms with E-state index >= 15 is 0 Å². The number of hydrogen-bond donors (Lipinski definition) is 1. The summed E-state index contributed by atoms with van der Waals surface area (Å²) in [5.74, 6) is 0. The second kappa shape index (κ2) is 8.06. The van der Waals surface area contributed by atoms with Gasteiger partial charge in [-0.05, 0) is 25.3 Å². The highest BCUT2D eigenvalue weighted by Crippen LogP contribution is 2.36. The van der Waals surface area contributed by atoms with E-state index in [0.29, 0.717) is 5.41 Å². The first-order valence-corrected chi connectivity index (χ1v) is 4.78. The van der Waals surface area contributed by atoms with Crippen molar-refractivity contribution in [1.82, 2.24) is 0 Å². The van der Waals surface area contributed by atoms with Crippen LogP contribution in [-0.2, 0) is 0 Å². The Balaban J connectivity index is 0. The molecule has 0 spiro atoms. The zero-order chi connectivity index (χ0) is 9.33. The Bertz CT molecular complexity index is 59.3. The summed E-state index contributed by atoms with van der Waals surface area (Å²) < 4.78 is 0. The molecule has 1 fully saturated rings. The standard InChI is InChI=1S/C7H14.C2H6.CH5N/c1-7(2)5-3-4-6-7;2*1-2/h3-6H2,1-2H3;1-2H3;2H2,1H3. The zero-order valence-corrected chi connectivity index (χ0v) is 8.91. The molecule has 0 amide bonds. The lowest BCUT2D eigenvalue weighted by Gasteiger charge is -2.13. The van der Waals surface area contributed by atoms with Crippen LogP contribution in [-0.4, -0.2) is 7.05 Å². The second-order valence-electron chi connectivity index (χ2n) is 3.37. The molecular weight excluding hydrogens is 134 g/mol. The van der Waals surface area contributed by atoms with Crippen molar-refractivity contribution in [2.24, 2.45) is 11.1 Å². The van der Waals surface area contributed by atoms with Gasteiger partial charge < -0.3 is 5.73 Å². The predicted molar refractivity (Wildman–Crippen MR) is 53.7 cm³/mol. The van der Waals surface area contributed by atoms with Crippen molar-refractivity contribution in [3.8, 4) is 0 Å². The van der Waals surface area contributed by atoms with E-state index in [0.717, 1.165) is 0 Å². The van der Waals surface area contributed by atoms with Crippen LogP contribution in [0.5, 0.6) is 0 Å². The van der Waals surface area contributed by atoms with Crippen LogP contribution in [0.15, 0.2) is 0 Å². The Labute approximate surface area is 72.4 Å². The largest absolute Gasteiger partial charge is 0.333 e. The average Bonchev–Trinajstić information content (AvgIpc) is 2.43. The lowest BCUT2D eigenvalue weighted by molar-refractivity contribution is 0.382. The summed E-state index contributed by atoms with van der Waals surface area (Å²) in [6.45, 7) is 8.72. The van der Waals surface area contributed by atoms with Crippen LogP contribution in [0.4, 0.5) is 0 Å². The molecule has 11 heavy (non-hydrogen) atoms. The molecule has 0 aromatic carbocycles. The lowest BCUT2D eigenvalue weighted by atomic mass is 9.92. The summed E-state index contributed by atoms with van der Waals surface area (Å²) in [6.07, 6.45) is 5.83. The highest BCUT2D eigenvalue weighted by Gasteiger charge is 2.21. The van der Waals surface area contributed by atoms with Gasteiger partial charge in [-0.3, -0.25) is 0 Å². The van der Waals surface area contributed by atoms with E-state index in [2.05, 4.69) is 19.6 Å². The predicted octanol–water partition coefficient (Wildman–Crippen LogP) is 3.19. The summed E-state index contributed by atoms with van der Waals surface area (Å²) in [5.41, 5.74) is 5.19. The molecule has 1 rings (SSSR count). The Hall–Kier alpha value is -0.0400. The molecule has 1 nitrogen and oxygen atoms in total. The third kappa shape index (κ3) is 7.86. The molecule has 0 bridgehead atoms. The Morgan fingerprint density at radius 2 is 1.18 bits per heavy atom. The first-order valence-electron chi connectivity index (χ1n) is 4.78. The van der Waals surface area contributed by atoms with Crippen molar-refractivity contribution in [3.63, 3.8) is 0 Å². The summed E-state index contributed by atoms with van der Waals surface area (Å²) >= 11 is 0. The highest BCUT2D eigenvalue weighted by molar-refractivity contribution is 4.74. The van der Waals surface area contributed by atoms with Gasteiger partial charge in [0.15, 0.2) is 0 Å². The molecule has 0 unspecified atom stereocenters. The maximum absolute atomic E-state index is 4.50. The summed E-state index contributed by atoms with van der Waals surface area (Å²) in [7, 11) is 1.50. The summed E-state index contributed by atoms with van der Waals surface area (Å²) in [5, 5.41) is 0. The van der Waals surface area contributed by atoms with Gasteiger partial charge in [-0.15, -0.1) is 0 Å². The molecule has 0 saturated heterocycles. The van der Waals surface area contributed by atoms with Crippen molar-refractivity contribution in [1.29, 1.82) is 0 Å². The zero-order valence-electron chi connectivity index (χ0n) is 8.91. The van der Waals surface area contributed by atoms with Crippen LogP contribution in [0, 0.1) is 5.41 Å². The van der Waals surface area contributed by atoms with E-state index in [1.165, 1.54) is 32.7 Å². The Morgan fingerprint density at radius 3 is 1.27 bits per heavy atom. The molecule has 1 heteroatoms. The molecule has 1 aliphatic rings. The monoisotopic (exact) mass is 159 g/mol. The fourth-order valence-corrected chi connectivity index (χ4v) is 1.33. The minimum atomic E-state index is 0.694. The quantitative estimate of drug-likeness (QED) is 0.577. The highest BCUT2D eigenvalue weighted by atomic mass is 14.4. The SMILES string of the molecule is CC.CC1(C)CCCC1.CN.